The minimum Gasteiger partial charge on any atom is -0.444 e. The molecule has 0 radical (unpaired) electrons. The number of carbonyl (C=O) groups excluding carboxylic acids is 3. The molecule has 2 rings (SSSR count). The molecule has 5 heteroatoms. The molecule has 0 aromatic heterocycles. The molecule has 1 spiro atoms. The molecule has 1 saturated carbocycles. The fraction of sp³-hybridized carbons (Fsp3) is 0.812. The quantitative estimate of drug-likeness (QED) is 0.697. The summed E-state index contributed by atoms with van der Waals surface area (Å²) in [5.41, 5.74) is -0.885. The molecular weight excluding hydrogens is 270 g/mol. The molecule has 118 valence electrons. The van der Waals surface area contributed by atoms with Crippen LogP contribution in [0.4, 0.5) is 4.79 Å². The molecular formula is C16H25NO4. The number of ether oxygens (including phenoxy) is 1. The molecule has 5 nitrogen and oxygen atoms in total. The summed E-state index contributed by atoms with van der Waals surface area (Å²) < 4.78 is 5.36. The summed E-state index contributed by atoms with van der Waals surface area (Å²) in [6, 6.07) is 0. The third kappa shape index (κ3) is 3.27. The van der Waals surface area contributed by atoms with Crippen molar-refractivity contribution < 1.29 is 19.1 Å². The van der Waals surface area contributed by atoms with Crippen LogP contribution >= 0.6 is 0 Å². The average molecular weight is 295 g/mol. The lowest BCUT2D eigenvalue weighted by Crippen LogP contribution is -2.47. The molecule has 0 aromatic carbocycles. The average Bonchev–Trinajstić information content (AvgIpc) is 2.66. The van der Waals surface area contributed by atoms with Crippen LogP contribution in [0.15, 0.2) is 0 Å². The maximum atomic E-state index is 12.5. The molecule has 2 aliphatic rings. The SMILES string of the molecule is CC(=O)[C@@H]1CCC2(CCN(C(=O)OC(C)(C)C)CC2)C1=O. The molecule has 21 heavy (non-hydrogen) atoms. The number of rotatable bonds is 1. The Bertz CT molecular complexity index is 455. The van der Waals surface area contributed by atoms with Crippen LogP contribution < -0.4 is 0 Å². The smallest absolute Gasteiger partial charge is 0.410 e. The number of carbonyl (C=O) groups is 3. The highest BCUT2D eigenvalue weighted by Gasteiger charge is 2.50. The van der Waals surface area contributed by atoms with Gasteiger partial charge in [0, 0.05) is 18.5 Å². The van der Waals surface area contributed by atoms with Gasteiger partial charge in [-0.05, 0) is 53.4 Å². The van der Waals surface area contributed by atoms with E-state index in [4.69, 9.17) is 4.74 Å². The Hall–Kier alpha value is -1.39. The van der Waals surface area contributed by atoms with E-state index in [1.165, 1.54) is 6.92 Å². The Balaban J connectivity index is 1.96. The number of ketones is 2. The van der Waals surface area contributed by atoms with Crippen molar-refractivity contribution in [3.63, 3.8) is 0 Å². The van der Waals surface area contributed by atoms with E-state index in [0.717, 1.165) is 6.42 Å². The highest BCUT2D eigenvalue weighted by Crippen LogP contribution is 2.46. The van der Waals surface area contributed by atoms with Crippen molar-refractivity contribution in [3.05, 3.63) is 0 Å². The fourth-order valence-corrected chi connectivity index (χ4v) is 3.37. The van der Waals surface area contributed by atoms with E-state index >= 15 is 0 Å². The number of amides is 1. The molecule has 0 N–H and O–H groups in total. The summed E-state index contributed by atoms with van der Waals surface area (Å²) in [4.78, 5) is 37.7. The Labute approximate surface area is 126 Å². The topological polar surface area (TPSA) is 63.7 Å². The van der Waals surface area contributed by atoms with Gasteiger partial charge in [0.1, 0.15) is 17.2 Å². The summed E-state index contributed by atoms with van der Waals surface area (Å²) in [5, 5.41) is 0. The Morgan fingerprint density at radius 1 is 1.19 bits per heavy atom. The second-order valence-electron chi connectivity index (χ2n) is 7.31. The van der Waals surface area contributed by atoms with Gasteiger partial charge in [-0.1, -0.05) is 0 Å². The minimum atomic E-state index is -0.505. The lowest BCUT2D eigenvalue weighted by atomic mass is 9.75. The van der Waals surface area contributed by atoms with Crippen molar-refractivity contribution in [2.24, 2.45) is 11.3 Å². The normalized spacial score (nSPS) is 25.2. The van der Waals surface area contributed by atoms with Crippen molar-refractivity contribution >= 4 is 17.7 Å². The molecule has 1 aliphatic heterocycles. The van der Waals surface area contributed by atoms with E-state index in [1.54, 1.807) is 4.90 Å². The van der Waals surface area contributed by atoms with Crippen molar-refractivity contribution in [2.45, 2.75) is 59.0 Å². The van der Waals surface area contributed by atoms with E-state index in [2.05, 4.69) is 0 Å². The summed E-state index contributed by atoms with van der Waals surface area (Å²) in [6.07, 6.45) is 2.42. The van der Waals surface area contributed by atoms with E-state index in [9.17, 15) is 14.4 Å². The third-order valence-corrected chi connectivity index (χ3v) is 4.61. The van der Waals surface area contributed by atoms with Gasteiger partial charge in [0.15, 0.2) is 0 Å². The van der Waals surface area contributed by atoms with Gasteiger partial charge in [-0.3, -0.25) is 9.59 Å². The zero-order valence-corrected chi connectivity index (χ0v) is 13.4. The van der Waals surface area contributed by atoms with Crippen LogP contribution in [0.3, 0.4) is 0 Å². The number of hydrogen-bond donors (Lipinski definition) is 0. The predicted molar refractivity (Wildman–Crippen MR) is 77.9 cm³/mol. The van der Waals surface area contributed by atoms with E-state index in [0.29, 0.717) is 32.4 Å². The summed E-state index contributed by atoms with van der Waals surface area (Å²) >= 11 is 0. The van der Waals surface area contributed by atoms with Gasteiger partial charge in [0.25, 0.3) is 0 Å². The lowest BCUT2D eigenvalue weighted by molar-refractivity contribution is -0.136. The van der Waals surface area contributed by atoms with Gasteiger partial charge in [-0.25, -0.2) is 4.79 Å². The first-order chi connectivity index (χ1) is 9.65. The Morgan fingerprint density at radius 3 is 2.19 bits per heavy atom. The second-order valence-corrected chi connectivity index (χ2v) is 7.31. The zero-order valence-electron chi connectivity index (χ0n) is 13.4. The maximum absolute atomic E-state index is 12.5. The molecule has 0 aromatic rings. The number of likely N-dealkylation sites (tertiary alicyclic amines) is 1. The monoisotopic (exact) mass is 295 g/mol. The van der Waals surface area contributed by atoms with Crippen LogP contribution in [0, 0.1) is 11.3 Å². The largest absolute Gasteiger partial charge is 0.444 e. The maximum Gasteiger partial charge on any atom is 0.410 e. The van der Waals surface area contributed by atoms with Crippen molar-refractivity contribution in [3.8, 4) is 0 Å². The zero-order chi connectivity index (χ0) is 15.8. The number of hydrogen-bond acceptors (Lipinski definition) is 4. The van der Waals surface area contributed by atoms with Crippen molar-refractivity contribution in [2.75, 3.05) is 13.1 Å². The molecule has 2 fully saturated rings. The van der Waals surface area contributed by atoms with Gasteiger partial charge in [-0.2, -0.15) is 0 Å². The fourth-order valence-electron chi connectivity index (χ4n) is 3.37. The van der Waals surface area contributed by atoms with Crippen LogP contribution in [-0.4, -0.2) is 41.3 Å². The predicted octanol–water partition coefficient (Wildman–Crippen LogP) is 2.57. The first-order valence-electron chi connectivity index (χ1n) is 7.67. The van der Waals surface area contributed by atoms with Crippen LogP contribution in [0.2, 0.25) is 0 Å². The molecule has 1 amide bonds. The molecule has 1 saturated heterocycles. The highest BCUT2D eigenvalue weighted by atomic mass is 16.6. The molecule has 1 atom stereocenters. The van der Waals surface area contributed by atoms with Crippen molar-refractivity contribution in [1.82, 2.24) is 4.90 Å². The Kier molecular flexibility index (Phi) is 4.13. The Morgan fingerprint density at radius 2 is 1.76 bits per heavy atom. The first kappa shape index (κ1) is 16.0. The van der Waals surface area contributed by atoms with Gasteiger partial charge in [0.2, 0.25) is 0 Å². The highest BCUT2D eigenvalue weighted by molar-refractivity contribution is 6.05. The van der Waals surface area contributed by atoms with E-state index in [-0.39, 0.29) is 23.1 Å². The number of piperidine rings is 1. The van der Waals surface area contributed by atoms with Crippen LogP contribution in [0.1, 0.15) is 53.4 Å². The number of Topliss-reactive ketones (excluding diaryl/α,β-unsaturated/α-hetero) is 2. The van der Waals surface area contributed by atoms with Gasteiger partial charge in [-0.15, -0.1) is 0 Å². The summed E-state index contributed by atoms with van der Waals surface area (Å²) in [6.45, 7) is 8.09. The van der Waals surface area contributed by atoms with Crippen LogP contribution in [-0.2, 0) is 14.3 Å². The van der Waals surface area contributed by atoms with Crippen molar-refractivity contribution in [1.29, 1.82) is 0 Å². The van der Waals surface area contributed by atoms with Gasteiger partial charge >= 0.3 is 6.09 Å². The number of nitrogens with zero attached hydrogens (tertiary/aromatic N) is 1. The van der Waals surface area contributed by atoms with E-state index in [1.807, 2.05) is 20.8 Å². The third-order valence-electron chi connectivity index (χ3n) is 4.61. The summed E-state index contributed by atoms with van der Waals surface area (Å²) in [7, 11) is 0. The summed E-state index contributed by atoms with van der Waals surface area (Å²) in [5.74, 6) is -0.344. The van der Waals surface area contributed by atoms with Crippen LogP contribution in [0.5, 0.6) is 0 Å². The molecule has 1 heterocycles. The lowest BCUT2D eigenvalue weighted by Gasteiger charge is -2.38. The minimum absolute atomic E-state index is 0.0218. The first-order valence-corrected chi connectivity index (χ1v) is 7.67. The molecule has 0 bridgehead atoms. The van der Waals surface area contributed by atoms with E-state index < -0.39 is 11.5 Å². The van der Waals surface area contributed by atoms with Gasteiger partial charge < -0.3 is 9.64 Å². The molecule has 0 unspecified atom stereocenters. The standard InChI is InChI=1S/C16H25NO4/c1-11(18)12-5-6-16(13(12)19)7-9-17(10-8-16)14(20)21-15(2,3)4/h12H,5-10H2,1-4H3/t12-/m0/s1. The van der Waals surface area contributed by atoms with Crippen LogP contribution in [0.25, 0.3) is 0 Å². The molecule has 1 aliphatic carbocycles. The second kappa shape index (κ2) is 5.43. The van der Waals surface area contributed by atoms with Gasteiger partial charge in [0.05, 0.1) is 5.92 Å².